The third kappa shape index (κ3) is 4.22. The topological polar surface area (TPSA) is 64.2 Å². The Morgan fingerprint density at radius 3 is 2.46 bits per heavy atom. The molecule has 1 aromatic heterocycles. The first-order chi connectivity index (χ1) is 11.4. The minimum atomic E-state index is -0.319. The van der Waals surface area contributed by atoms with Crippen molar-refractivity contribution in [2.45, 2.75) is 40.8 Å². The van der Waals surface area contributed by atoms with Crippen molar-refractivity contribution in [1.29, 1.82) is 0 Å². The fourth-order valence-electron chi connectivity index (χ4n) is 2.58. The lowest BCUT2D eigenvalue weighted by Crippen LogP contribution is -2.48. The van der Waals surface area contributed by atoms with Gasteiger partial charge in [-0.3, -0.25) is 4.79 Å². The second-order valence-electron chi connectivity index (χ2n) is 5.73. The standard InChI is InChI=1S/C18H23N3O3/c1-5-24-17(23)12-21-15(4)9-10-20(21)11-16(22)19-18-13(2)7-6-8-14(18)3/h6-10H,5,11-12H2,1-4H3/p+1. The molecule has 128 valence electrons. The van der Waals surface area contributed by atoms with Gasteiger partial charge in [0.05, 0.1) is 12.3 Å². The number of nitrogens with zero attached hydrogens (tertiary/aromatic N) is 2. The molecule has 6 nitrogen and oxygen atoms in total. The van der Waals surface area contributed by atoms with Crippen LogP contribution in [0.4, 0.5) is 5.69 Å². The van der Waals surface area contributed by atoms with E-state index < -0.39 is 0 Å². The summed E-state index contributed by atoms with van der Waals surface area (Å²) in [5, 5.41) is 2.95. The maximum atomic E-state index is 12.4. The number of aromatic nitrogens is 2. The third-order valence-corrected chi connectivity index (χ3v) is 3.84. The Kier molecular flexibility index (Phi) is 5.73. The summed E-state index contributed by atoms with van der Waals surface area (Å²) in [6.07, 6.45) is 1.79. The lowest BCUT2D eigenvalue weighted by Gasteiger charge is -2.10. The number of ether oxygens (including phenoxy) is 1. The van der Waals surface area contributed by atoms with E-state index in [1.165, 1.54) is 0 Å². The van der Waals surface area contributed by atoms with Crippen molar-refractivity contribution in [3.8, 4) is 0 Å². The average molecular weight is 330 g/mol. The zero-order valence-electron chi connectivity index (χ0n) is 14.6. The number of hydrogen-bond donors (Lipinski definition) is 1. The molecule has 0 spiro atoms. The summed E-state index contributed by atoms with van der Waals surface area (Å²) in [5.41, 5.74) is 3.77. The molecule has 0 aliphatic carbocycles. The van der Waals surface area contributed by atoms with Crippen LogP contribution >= 0.6 is 0 Å². The fraction of sp³-hybridized carbons (Fsp3) is 0.389. The molecule has 0 aliphatic heterocycles. The lowest BCUT2D eigenvalue weighted by molar-refractivity contribution is -0.763. The van der Waals surface area contributed by atoms with Crippen molar-refractivity contribution < 1.29 is 19.0 Å². The Morgan fingerprint density at radius 1 is 1.17 bits per heavy atom. The number of rotatable bonds is 6. The summed E-state index contributed by atoms with van der Waals surface area (Å²) in [6, 6.07) is 7.75. The van der Waals surface area contributed by atoms with Gasteiger partial charge in [0.15, 0.2) is 12.7 Å². The lowest BCUT2D eigenvalue weighted by atomic mass is 10.1. The van der Waals surface area contributed by atoms with Crippen LogP contribution in [0.15, 0.2) is 30.5 Å². The van der Waals surface area contributed by atoms with E-state index >= 15 is 0 Å². The molecule has 0 aliphatic rings. The first kappa shape index (κ1) is 17.7. The largest absolute Gasteiger partial charge is 0.464 e. The minimum Gasteiger partial charge on any atom is -0.464 e. The van der Waals surface area contributed by atoms with E-state index in [9.17, 15) is 9.59 Å². The van der Waals surface area contributed by atoms with Gasteiger partial charge in [-0.25, -0.2) is 4.79 Å². The van der Waals surface area contributed by atoms with Gasteiger partial charge >= 0.3 is 5.97 Å². The molecule has 2 aromatic rings. The van der Waals surface area contributed by atoms with Gasteiger partial charge in [-0.15, -0.1) is 9.36 Å². The molecular formula is C18H24N3O3+. The first-order valence-electron chi connectivity index (χ1n) is 8.00. The van der Waals surface area contributed by atoms with Crippen LogP contribution in [-0.4, -0.2) is 23.2 Å². The summed E-state index contributed by atoms with van der Waals surface area (Å²) >= 11 is 0. The molecule has 1 N–H and O–H groups in total. The van der Waals surface area contributed by atoms with Crippen LogP contribution in [0.5, 0.6) is 0 Å². The zero-order valence-corrected chi connectivity index (χ0v) is 14.6. The SMILES string of the molecule is CCOC(=O)Cn1c(C)cc[n+]1CC(=O)Nc1c(C)cccc1C. The molecule has 1 amide bonds. The Bertz CT molecular complexity index is 730. The van der Waals surface area contributed by atoms with Gasteiger partial charge in [-0.1, -0.05) is 18.2 Å². The van der Waals surface area contributed by atoms with Gasteiger partial charge in [0.2, 0.25) is 6.54 Å². The van der Waals surface area contributed by atoms with Crippen molar-refractivity contribution in [1.82, 2.24) is 4.68 Å². The van der Waals surface area contributed by atoms with Gasteiger partial charge in [0.25, 0.3) is 5.91 Å². The highest BCUT2D eigenvalue weighted by molar-refractivity contribution is 5.91. The van der Waals surface area contributed by atoms with Crippen LogP contribution in [0.3, 0.4) is 0 Å². The second kappa shape index (κ2) is 7.77. The molecule has 0 atom stereocenters. The number of aryl methyl sites for hydroxylation is 3. The maximum absolute atomic E-state index is 12.4. The van der Waals surface area contributed by atoms with Gasteiger partial charge in [-0.05, 0) is 38.8 Å². The summed E-state index contributed by atoms with van der Waals surface area (Å²) < 4.78 is 8.44. The van der Waals surface area contributed by atoms with Gasteiger partial charge < -0.3 is 10.1 Å². The highest BCUT2D eigenvalue weighted by Crippen LogP contribution is 2.19. The molecule has 0 fully saturated rings. The third-order valence-electron chi connectivity index (χ3n) is 3.84. The smallest absolute Gasteiger partial charge is 0.331 e. The number of amides is 1. The average Bonchev–Trinajstić information content (AvgIpc) is 2.84. The highest BCUT2D eigenvalue weighted by Gasteiger charge is 2.20. The van der Waals surface area contributed by atoms with Crippen LogP contribution in [0.1, 0.15) is 23.7 Å². The van der Waals surface area contributed by atoms with Gasteiger partial charge in [0, 0.05) is 11.8 Å². The molecule has 0 radical (unpaired) electrons. The predicted molar refractivity (Wildman–Crippen MR) is 90.5 cm³/mol. The van der Waals surface area contributed by atoms with E-state index in [1.807, 2.05) is 45.0 Å². The summed E-state index contributed by atoms with van der Waals surface area (Å²) in [7, 11) is 0. The number of benzene rings is 1. The summed E-state index contributed by atoms with van der Waals surface area (Å²) in [4.78, 5) is 24.1. The molecule has 6 heteroatoms. The Labute approximate surface area is 142 Å². The zero-order chi connectivity index (χ0) is 17.7. The van der Waals surface area contributed by atoms with E-state index in [1.54, 1.807) is 22.5 Å². The molecular weight excluding hydrogens is 306 g/mol. The van der Waals surface area contributed by atoms with E-state index in [4.69, 9.17) is 4.74 Å². The molecule has 0 bridgehead atoms. The van der Waals surface area contributed by atoms with Crippen LogP contribution in [-0.2, 0) is 27.4 Å². The maximum Gasteiger partial charge on any atom is 0.331 e. The van der Waals surface area contributed by atoms with Gasteiger partial charge in [0.1, 0.15) is 0 Å². The van der Waals surface area contributed by atoms with Crippen molar-refractivity contribution in [3.63, 3.8) is 0 Å². The number of nitrogens with one attached hydrogen (secondary N) is 1. The quantitative estimate of drug-likeness (QED) is 0.650. The minimum absolute atomic E-state index is 0.0867. The monoisotopic (exact) mass is 330 g/mol. The number of hydrogen-bond acceptors (Lipinski definition) is 3. The number of carbonyl (C=O) groups excluding carboxylic acids is 2. The van der Waals surface area contributed by atoms with Crippen LogP contribution < -0.4 is 10.00 Å². The van der Waals surface area contributed by atoms with E-state index in [0.29, 0.717) is 6.61 Å². The Morgan fingerprint density at radius 2 is 1.83 bits per heavy atom. The molecule has 0 saturated carbocycles. The van der Waals surface area contributed by atoms with E-state index in [2.05, 4.69) is 5.32 Å². The predicted octanol–water partition coefficient (Wildman–Crippen LogP) is 1.90. The second-order valence-corrected chi connectivity index (χ2v) is 5.73. The number of carbonyl (C=O) groups is 2. The Balaban J connectivity index is 2.11. The highest BCUT2D eigenvalue weighted by atomic mass is 16.5. The van der Waals surface area contributed by atoms with Crippen LogP contribution in [0, 0.1) is 20.8 Å². The Hall–Kier alpha value is -2.63. The molecule has 0 saturated heterocycles. The molecule has 1 heterocycles. The first-order valence-corrected chi connectivity index (χ1v) is 8.00. The van der Waals surface area contributed by atoms with E-state index in [0.717, 1.165) is 22.5 Å². The van der Waals surface area contributed by atoms with E-state index in [-0.39, 0.29) is 25.0 Å². The molecule has 24 heavy (non-hydrogen) atoms. The van der Waals surface area contributed by atoms with Gasteiger partial charge in [-0.2, -0.15) is 0 Å². The summed E-state index contributed by atoms with van der Waals surface area (Å²) in [5.74, 6) is -0.457. The number of para-hydroxylation sites is 1. The van der Waals surface area contributed by atoms with Crippen molar-refractivity contribution >= 4 is 17.6 Å². The van der Waals surface area contributed by atoms with Crippen molar-refractivity contribution in [2.75, 3.05) is 11.9 Å². The molecule has 0 unspecified atom stereocenters. The van der Waals surface area contributed by atoms with Crippen molar-refractivity contribution in [3.05, 3.63) is 47.3 Å². The van der Waals surface area contributed by atoms with Crippen LogP contribution in [0.25, 0.3) is 0 Å². The summed E-state index contributed by atoms with van der Waals surface area (Å²) in [6.45, 7) is 8.13. The number of esters is 1. The molecule has 1 aromatic carbocycles. The molecule has 2 rings (SSSR count). The van der Waals surface area contributed by atoms with Crippen LogP contribution in [0.2, 0.25) is 0 Å². The van der Waals surface area contributed by atoms with Crippen molar-refractivity contribution in [2.24, 2.45) is 0 Å². The fourth-order valence-corrected chi connectivity index (χ4v) is 2.58. The number of anilines is 1. The normalized spacial score (nSPS) is 10.5.